The number of halogens is 2. The molecule has 0 spiro atoms. The molecule has 8 heteroatoms. The first kappa shape index (κ1) is 21.9. The molecule has 3 aromatic carbocycles. The van der Waals surface area contributed by atoms with Gasteiger partial charge in [0, 0.05) is 23.4 Å². The SMILES string of the molecule is NC(=O)c1c(-c2ccc(F)c(F)c2)cc(-c2ccccc2)n1Cc1ccc(C(=O)NO)cc1. The Hall–Kier alpha value is -4.30. The van der Waals surface area contributed by atoms with Gasteiger partial charge in [0.1, 0.15) is 5.69 Å². The number of primary amides is 1. The largest absolute Gasteiger partial charge is 0.364 e. The van der Waals surface area contributed by atoms with Gasteiger partial charge in [-0.15, -0.1) is 0 Å². The molecule has 0 atom stereocenters. The van der Waals surface area contributed by atoms with Crippen LogP contribution in [-0.2, 0) is 6.54 Å². The lowest BCUT2D eigenvalue weighted by molar-refractivity contribution is 0.0706. The highest BCUT2D eigenvalue weighted by Crippen LogP contribution is 2.34. The molecule has 1 heterocycles. The summed E-state index contributed by atoms with van der Waals surface area (Å²) in [5.41, 5.74) is 10.6. The van der Waals surface area contributed by atoms with E-state index in [4.69, 9.17) is 10.9 Å². The monoisotopic (exact) mass is 447 g/mol. The molecule has 4 rings (SSSR count). The molecule has 6 nitrogen and oxygen atoms in total. The number of hydrogen-bond donors (Lipinski definition) is 3. The molecule has 4 aromatic rings. The molecule has 0 bridgehead atoms. The van der Waals surface area contributed by atoms with E-state index >= 15 is 0 Å². The van der Waals surface area contributed by atoms with Crippen molar-refractivity contribution in [2.75, 3.05) is 0 Å². The lowest BCUT2D eigenvalue weighted by Crippen LogP contribution is -2.20. The van der Waals surface area contributed by atoms with Gasteiger partial charge in [0.05, 0.1) is 0 Å². The predicted molar refractivity (Wildman–Crippen MR) is 119 cm³/mol. The summed E-state index contributed by atoms with van der Waals surface area (Å²) in [5, 5.41) is 8.80. The van der Waals surface area contributed by atoms with Gasteiger partial charge in [-0.25, -0.2) is 14.3 Å². The number of carbonyl (C=O) groups is 2. The molecule has 0 radical (unpaired) electrons. The van der Waals surface area contributed by atoms with Crippen LogP contribution in [0.3, 0.4) is 0 Å². The zero-order chi connectivity index (χ0) is 23.5. The van der Waals surface area contributed by atoms with Gasteiger partial charge < -0.3 is 10.3 Å². The number of nitrogens with one attached hydrogen (secondary N) is 1. The third-order valence-corrected chi connectivity index (χ3v) is 5.29. The van der Waals surface area contributed by atoms with Crippen molar-refractivity contribution >= 4 is 11.8 Å². The van der Waals surface area contributed by atoms with E-state index < -0.39 is 23.4 Å². The zero-order valence-corrected chi connectivity index (χ0v) is 17.3. The minimum Gasteiger partial charge on any atom is -0.364 e. The smallest absolute Gasteiger partial charge is 0.274 e. The van der Waals surface area contributed by atoms with Crippen molar-refractivity contribution in [1.29, 1.82) is 0 Å². The number of nitrogens with two attached hydrogens (primary N) is 1. The summed E-state index contributed by atoms with van der Waals surface area (Å²) < 4.78 is 29.2. The molecule has 1 aromatic heterocycles. The normalized spacial score (nSPS) is 10.8. The number of aromatic nitrogens is 1. The first-order valence-electron chi connectivity index (χ1n) is 9.96. The Morgan fingerprint density at radius 3 is 2.18 bits per heavy atom. The molecular weight excluding hydrogens is 428 g/mol. The standard InChI is InChI=1S/C25H19F2N3O3/c26-20-11-10-18(12-21(20)27)19-13-22(16-4-2-1-3-5-16)30(23(19)24(28)31)14-15-6-8-17(9-7-15)25(32)29-33/h1-13,33H,14H2,(H2,28,31)(H,29,32). The molecule has 0 fully saturated rings. The Kier molecular flexibility index (Phi) is 6.01. The van der Waals surface area contributed by atoms with Crippen LogP contribution in [-0.4, -0.2) is 21.6 Å². The van der Waals surface area contributed by atoms with Crippen molar-refractivity contribution in [3.63, 3.8) is 0 Å². The number of amides is 2. The molecule has 0 saturated heterocycles. The maximum absolute atomic E-state index is 14.0. The van der Waals surface area contributed by atoms with Gasteiger partial charge in [-0.3, -0.25) is 14.8 Å². The maximum Gasteiger partial charge on any atom is 0.274 e. The maximum atomic E-state index is 14.0. The van der Waals surface area contributed by atoms with Crippen molar-refractivity contribution in [3.8, 4) is 22.4 Å². The molecule has 166 valence electrons. The molecule has 0 unspecified atom stereocenters. The third-order valence-electron chi connectivity index (χ3n) is 5.29. The second kappa shape index (κ2) is 9.05. The summed E-state index contributed by atoms with van der Waals surface area (Å²) in [7, 11) is 0. The van der Waals surface area contributed by atoms with Crippen LogP contribution in [0.4, 0.5) is 8.78 Å². The minimum atomic E-state index is -1.03. The summed E-state index contributed by atoms with van der Waals surface area (Å²) in [6.45, 7) is 0.215. The number of hydrogen-bond acceptors (Lipinski definition) is 3. The highest BCUT2D eigenvalue weighted by molar-refractivity contribution is 6.00. The van der Waals surface area contributed by atoms with Crippen LogP contribution in [0, 0.1) is 11.6 Å². The van der Waals surface area contributed by atoms with Gasteiger partial charge in [-0.05, 0) is 47.0 Å². The average molecular weight is 447 g/mol. The summed E-state index contributed by atoms with van der Waals surface area (Å²) in [6, 6.07) is 20.8. The highest BCUT2D eigenvalue weighted by Gasteiger charge is 2.22. The number of hydroxylamine groups is 1. The summed E-state index contributed by atoms with van der Waals surface area (Å²) in [4.78, 5) is 24.1. The van der Waals surface area contributed by atoms with Crippen LogP contribution in [0.25, 0.3) is 22.4 Å². The number of rotatable bonds is 6. The summed E-state index contributed by atoms with van der Waals surface area (Å²) >= 11 is 0. The van der Waals surface area contributed by atoms with Crippen LogP contribution in [0.2, 0.25) is 0 Å². The van der Waals surface area contributed by atoms with Crippen LogP contribution in [0.15, 0.2) is 78.9 Å². The van der Waals surface area contributed by atoms with Crippen LogP contribution in [0.5, 0.6) is 0 Å². The minimum absolute atomic E-state index is 0.136. The number of carbonyl (C=O) groups excluding carboxylic acids is 2. The van der Waals surface area contributed by atoms with E-state index in [1.807, 2.05) is 30.3 Å². The van der Waals surface area contributed by atoms with Gasteiger partial charge in [0.25, 0.3) is 11.8 Å². The quantitative estimate of drug-likeness (QED) is 0.303. The Morgan fingerprint density at radius 2 is 1.58 bits per heavy atom. The van der Waals surface area contributed by atoms with E-state index in [1.54, 1.807) is 28.2 Å². The van der Waals surface area contributed by atoms with Gasteiger partial charge >= 0.3 is 0 Å². The summed E-state index contributed by atoms with van der Waals surface area (Å²) in [5.74, 6) is -3.40. The second-order valence-corrected chi connectivity index (χ2v) is 7.38. The van der Waals surface area contributed by atoms with E-state index in [2.05, 4.69) is 0 Å². The van der Waals surface area contributed by atoms with E-state index in [9.17, 15) is 18.4 Å². The second-order valence-electron chi connectivity index (χ2n) is 7.38. The van der Waals surface area contributed by atoms with Crippen LogP contribution >= 0.6 is 0 Å². The Bertz CT molecular complexity index is 1330. The van der Waals surface area contributed by atoms with E-state index in [-0.39, 0.29) is 17.8 Å². The molecular formula is C25H19F2N3O3. The predicted octanol–water partition coefficient (Wildman–Crippen LogP) is 4.37. The fraction of sp³-hybridized carbons (Fsp3) is 0.0400. The molecule has 0 aliphatic carbocycles. The Labute approximate surface area is 187 Å². The lowest BCUT2D eigenvalue weighted by atomic mass is 10.0. The molecule has 2 amide bonds. The van der Waals surface area contributed by atoms with Crippen molar-refractivity contribution in [2.24, 2.45) is 5.73 Å². The van der Waals surface area contributed by atoms with E-state index in [1.165, 1.54) is 18.2 Å². The van der Waals surface area contributed by atoms with Crippen molar-refractivity contribution < 1.29 is 23.6 Å². The molecule has 33 heavy (non-hydrogen) atoms. The van der Waals surface area contributed by atoms with Gasteiger partial charge in [-0.1, -0.05) is 48.5 Å². The molecule has 0 aliphatic rings. The topological polar surface area (TPSA) is 97.4 Å². The number of benzene rings is 3. The van der Waals surface area contributed by atoms with E-state index in [0.29, 0.717) is 16.8 Å². The zero-order valence-electron chi connectivity index (χ0n) is 17.3. The highest BCUT2D eigenvalue weighted by atomic mass is 19.2. The first-order valence-corrected chi connectivity index (χ1v) is 9.96. The fourth-order valence-electron chi connectivity index (χ4n) is 3.72. The van der Waals surface area contributed by atoms with Crippen LogP contribution in [0.1, 0.15) is 26.4 Å². The first-order chi connectivity index (χ1) is 15.9. The van der Waals surface area contributed by atoms with Crippen molar-refractivity contribution in [1.82, 2.24) is 10.0 Å². The number of nitrogens with zero attached hydrogens (tertiary/aromatic N) is 1. The van der Waals surface area contributed by atoms with Crippen molar-refractivity contribution in [2.45, 2.75) is 6.54 Å². The Morgan fingerprint density at radius 1 is 0.879 bits per heavy atom. The molecule has 4 N–H and O–H groups in total. The average Bonchev–Trinajstić information content (AvgIpc) is 3.20. The molecule has 0 saturated carbocycles. The lowest BCUT2D eigenvalue weighted by Gasteiger charge is -2.14. The van der Waals surface area contributed by atoms with E-state index in [0.717, 1.165) is 23.3 Å². The Balaban J connectivity index is 1.88. The van der Waals surface area contributed by atoms with Gasteiger partial charge in [-0.2, -0.15) is 0 Å². The third kappa shape index (κ3) is 4.37. The fourth-order valence-corrected chi connectivity index (χ4v) is 3.72. The van der Waals surface area contributed by atoms with Crippen LogP contribution < -0.4 is 11.2 Å². The van der Waals surface area contributed by atoms with Gasteiger partial charge in [0.15, 0.2) is 11.6 Å². The summed E-state index contributed by atoms with van der Waals surface area (Å²) in [6.07, 6.45) is 0. The molecule has 0 aliphatic heterocycles. The van der Waals surface area contributed by atoms with Gasteiger partial charge in [0.2, 0.25) is 0 Å². The van der Waals surface area contributed by atoms with Crippen molar-refractivity contribution in [3.05, 3.63) is 107 Å².